The van der Waals surface area contributed by atoms with Crippen LogP contribution in [0.2, 0.25) is 0 Å². The fourth-order valence-electron chi connectivity index (χ4n) is 3.00. The van der Waals surface area contributed by atoms with Crippen molar-refractivity contribution in [2.45, 2.75) is 19.4 Å². The Morgan fingerprint density at radius 2 is 2.04 bits per heavy atom. The number of hydrogen-bond donors (Lipinski definition) is 1. The van der Waals surface area contributed by atoms with Gasteiger partial charge in [-0.2, -0.15) is 0 Å². The first-order chi connectivity index (χ1) is 11.7. The molecule has 1 unspecified atom stereocenters. The van der Waals surface area contributed by atoms with E-state index >= 15 is 0 Å². The SMILES string of the molecule is CCOC(=O)NC1Cc2ccc(OC)cc2C1=Cc1ccccc1. The maximum atomic E-state index is 11.9. The van der Waals surface area contributed by atoms with Gasteiger partial charge in [-0.15, -0.1) is 0 Å². The maximum Gasteiger partial charge on any atom is 0.407 e. The van der Waals surface area contributed by atoms with E-state index in [-0.39, 0.29) is 12.1 Å². The summed E-state index contributed by atoms with van der Waals surface area (Å²) in [6.07, 6.45) is 2.47. The van der Waals surface area contributed by atoms with Crippen molar-refractivity contribution in [1.82, 2.24) is 5.32 Å². The van der Waals surface area contributed by atoms with Crippen LogP contribution in [-0.4, -0.2) is 25.9 Å². The Hall–Kier alpha value is -2.75. The second-order valence-corrected chi connectivity index (χ2v) is 5.65. The van der Waals surface area contributed by atoms with E-state index in [1.807, 2.05) is 42.5 Å². The summed E-state index contributed by atoms with van der Waals surface area (Å²) in [6.45, 7) is 2.16. The zero-order valence-electron chi connectivity index (χ0n) is 13.9. The number of nitrogens with one attached hydrogen (secondary N) is 1. The molecule has 24 heavy (non-hydrogen) atoms. The summed E-state index contributed by atoms with van der Waals surface area (Å²) in [5.74, 6) is 0.810. The third-order valence-electron chi connectivity index (χ3n) is 4.12. The number of benzene rings is 2. The van der Waals surface area contributed by atoms with E-state index in [0.29, 0.717) is 6.61 Å². The van der Waals surface area contributed by atoms with Crippen LogP contribution >= 0.6 is 0 Å². The van der Waals surface area contributed by atoms with Crippen molar-refractivity contribution in [3.05, 3.63) is 65.2 Å². The lowest BCUT2D eigenvalue weighted by Crippen LogP contribution is -2.35. The number of amides is 1. The molecule has 3 rings (SSSR count). The van der Waals surface area contributed by atoms with Crippen molar-refractivity contribution in [1.29, 1.82) is 0 Å². The zero-order chi connectivity index (χ0) is 16.9. The summed E-state index contributed by atoms with van der Waals surface area (Å²) < 4.78 is 10.4. The molecular formula is C20H21NO3. The molecule has 0 bridgehead atoms. The molecule has 0 saturated heterocycles. The first-order valence-corrected chi connectivity index (χ1v) is 8.08. The molecule has 1 aliphatic rings. The van der Waals surface area contributed by atoms with Gasteiger partial charge in [-0.25, -0.2) is 4.79 Å². The quantitative estimate of drug-likeness (QED) is 0.928. The number of carbonyl (C=O) groups is 1. The van der Waals surface area contributed by atoms with Crippen LogP contribution in [0.5, 0.6) is 5.75 Å². The van der Waals surface area contributed by atoms with Crippen LogP contribution in [0, 0.1) is 0 Å². The van der Waals surface area contributed by atoms with E-state index in [0.717, 1.165) is 28.9 Å². The van der Waals surface area contributed by atoms with E-state index in [4.69, 9.17) is 9.47 Å². The molecule has 0 fully saturated rings. The molecule has 1 aliphatic carbocycles. The molecule has 4 nitrogen and oxygen atoms in total. The van der Waals surface area contributed by atoms with Gasteiger partial charge in [-0.05, 0) is 53.8 Å². The molecule has 0 radical (unpaired) electrons. The number of rotatable bonds is 4. The number of hydrogen-bond acceptors (Lipinski definition) is 3. The monoisotopic (exact) mass is 323 g/mol. The standard InChI is InChI=1S/C20H21NO3/c1-3-24-20(22)21-19-12-15-9-10-16(23-2)13-17(15)18(19)11-14-7-5-4-6-8-14/h4-11,13,19H,3,12H2,1-2H3,(H,21,22). The summed E-state index contributed by atoms with van der Waals surface area (Å²) >= 11 is 0. The molecule has 0 spiro atoms. The van der Waals surface area contributed by atoms with E-state index < -0.39 is 0 Å². The Balaban J connectivity index is 1.98. The van der Waals surface area contributed by atoms with Crippen molar-refractivity contribution in [2.75, 3.05) is 13.7 Å². The molecule has 1 N–H and O–H groups in total. The summed E-state index contributed by atoms with van der Waals surface area (Å²) in [7, 11) is 1.66. The van der Waals surface area contributed by atoms with Crippen molar-refractivity contribution in [3.63, 3.8) is 0 Å². The molecule has 0 saturated carbocycles. The molecular weight excluding hydrogens is 302 g/mol. The van der Waals surface area contributed by atoms with Gasteiger partial charge >= 0.3 is 6.09 Å². The van der Waals surface area contributed by atoms with Crippen LogP contribution < -0.4 is 10.1 Å². The largest absolute Gasteiger partial charge is 0.497 e. The third-order valence-corrected chi connectivity index (χ3v) is 4.12. The fraction of sp³-hybridized carbons (Fsp3) is 0.250. The second-order valence-electron chi connectivity index (χ2n) is 5.65. The fourth-order valence-corrected chi connectivity index (χ4v) is 3.00. The lowest BCUT2D eigenvalue weighted by molar-refractivity contribution is 0.150. The average molecular weight is 323 g/mol. The van der Waals surface area contributed by atoms with Crippen LogP contribution in [-0.2, 0) is 11.2 Å². The van der Waals surface area contributed by atoms with Crippen molar-refractivity contribution < 1.29 is 14.3 Å². The Bertz CT molecular complexity index is 753. The van der Waals surface area contributed by atoms with Crippen LogP contribution in [0.25, 0.3) is 11.6 Å². The normalized spacial score (nSPS) is 17.4. The van der Waals surface area contributed by atoms with E-state index in [9.17, 15) is 4.79 Å². The van der Waals surface area contributed by atoms with Crippen LogP contribution in [0.15, 0.2) is 48.5 Å². The van der Waals surface area contributed by atoms with Crippen LogP contribution in [0.3, 0.4) is 0 Å². The topological polar surface area (TPSA) is 47.6 Å². The molecule has 124 valence electrons. The van der Waals surface area contributed by atoms with Gasteiger partial charge in [0.15, 0.2) is 0 Å². The molecule has 1 amide bonds. The minimum Gasteiger partial charge on any atom is -0.497 e. The second kappa shape index (κ2) is 7.21. The number of methoxy groups -OCH3 is 1. The van der Waals surface area contributed by atoms with Gasteiger partial charge < -0.3 is 14.8 Å². The molecule has 4 heteroatoms. The van der Waals surface area contributed by atoms with Gasteiger partial charge in [-0.3, -0.25) is 0 Å². The van der Waals surface area contributed by atoms with Gasteiger partial charge in [0.1, 0.15) is 5.75 Å². The molecule has 2 aromatic carbocycles. The van der Waals surface area contributed by atoms with Crippen LogP contribution in [0.1, 0.15) is 23.6 Å². The smallest absolute Gasteiger partial charge is 0.407 e. The first-order valence-electron chi connectivity index (χ1n) is 8.08. The predicted molar refractivity (Wildman–Crippen MR) is 95.0 cm³/mol. The summed E-state index contributed by atoms with van der Waals surface area (Å²) in [5.41, 5.74) is 4.47. The van der Waals surface area contributed by atoms with Gasteiger partial charge in [0.2, 0.25) is 0 Å². The number of fused-ring (bicyclic) bond motifs is 1. The maximum absolute atomic E-state index is 11.9. The number of ether oxygens (including phenoxy) is 2. The Morgan fingerprint density at radius 3 is 2.75 bits per heavy atom. The summed E-state index contributed by atoms with van der Waals surface area (Å²) in [6, 6.07) is 16.0. The lowest BCUT2D eigenvalue weighted by Gasteiger charge is -2.15. The highest BCUT2D eigenvalue weighted by Gasteiger charge is 2.29. The Labute approximate surface area is 142 Å². The van der Waals surface area contributed by atoms with Gasteiger partial charge in [0.25, 0.3) is 0 Å². The molecule has 0 aromatic heterocycles. The zero-order valence-corrected chi connectivity index (χ0v) is 13.9. The minimum atomic E-state index is -0.388. The Morgan fingerprint density at radius 1 is 1.25 bits per heavy atom. The van der Waals surface area contributed by atoms with E-state index in [2.05, 4.69) is 17.5 Å². The minimum absolute atomic E-state index is 0.105. The van der Waals surface area contributed by atoms with Gasteiger partial charge in [0.05, 0.1) is 19.8 Å². The van der Waals surface area contributed by atoms with Crippen molar-refractivity contribution in [3.8, 4) is 5.75 Å². The highest BCUT2D eigenvalue weighted by molar-refractivity contribution is 5.90. The van der Waals surface area contributed by atoms with Crippen molar-refractivity contribution in [2.24, 2.45) is 0 Å². The van der Waals surface area contributed by atoms with E-state index in [1.165, 1.54) is 5.56 Å². The Kier molecular flexibility index (Phi) is 4.85. The highest BCUT2D eigenvalue weighted by atomic mass is 16.5. The summed E-state index contributed by atoms with van der Waals surface area (Å²) in [5, 5.41) is 2.96. The summed E-state index contributed by atoms with van der Waals surface area (Å²) in [4.78, 5) is 11.9. The van der Waals surface area contributed by atoms with Gasteiger partial charge in [0, 0.05) is 0 Å². The first kappa shape index (κ1) is 16.1. The van der Waals surface area contributed by atoms with Crippen molar-refractivity contribution >= 4 is 17.7 Å². The molecule has 0 heterocycles. The molecule has 2 aromatic rings. The molecule has 0 aliphatic heterocycles. The highest BCUT2D eigenvalue weighted by Crippen LogP contribution is 2.36. The number of alkyl carbamates (subject to hydrolysis) is 1. The van der Waals surface area contributed by atoms with Crippen LogP contribution in [0.4, 0.5) is 4.79 Å². The third kappa shape index (κ3) is 3.43. The van der Waals surface area contributed by atoms with Gasteiger partial charge in [-0.1, -0.05) is 36.4 Å². The number of carbonyl (C=O) groups excluding carboxylic acids is 1. The van der Waals surface area contributed by atoms with E-state index in [1.54, 1.807) is 14.0 Å². The predicted octanol–water partition coefficient (Wildman–Crippen LogP) is 3.91. The average Bonchev–Trinajstić information content (AvgIpc) is 2.92. The molecule has 1 atom stereocenters. The lowest BCUT2D eigenvalue weighted by atomic mass is 10.0.